The van der Waals surface area contributed by atoms with Crippen molar-refractivity contribution >= 4 is 50.2 Å². The number of halogens is 3. The Bertz CT molecular complexity index is 1520. The summed E-state index contributed by atoms with van der Waals surface area (Å²) in [5.41, 5.74) is 0.543. The number of fused-ring (bicyclic) bond motifs is 1. The molecule has 2 N–H and O–H groups in total. The Morgan fingerprint density at radius 1 is 1.21 bits per heavy atom. The number of piperazine rings is 1. The number of aromatic nitrogens is 4. The Balaban J connectivity index is 1.36. The van der Waals surface area contributed by atoms with Crippen molar-refractivity contribution in [3.05, 3.63) is 23.5 Å². The smallest absolute Gasteiger partial charge is 0.366 e. The summed E-state index contributed by atoms with van der Waals surface area (Å²) in [6.07, 6.45) is -0.385. The Labute approximate surface area is 230 Å². The molecule has 1 aliphatic carbocycles. The van der Waals surface area contributed by atoms with E-state index < -0.39 is 26.7 Å². The lowest BCUT2D eigenvalue weighted by atomic mass is 10.2. The SMILES string of the molecule is CC1(NS(=O)(=O)c2cc(N3CCN(C(=O)C4NCCS4)CC3)c3cnc(-c4nnc(C(F)(F)F)s4)n3c2)CC1. The molecule has 2 aliphatic heterocycles. The van der Waals surface area contributed by atoms with E-state index in [1.54, 1.807) is 22.7 Å². The van der Waals surface area contributed by atoms with Gasteiger partial charge in [0.05, 0.1) is 17.4 Å². The zero-order valence-corrected chi connectivity index (χ0v) is 23.2. The maximum atomic E-state index is 13.4. The third-order valence-electron chi connectivity index (χ3n) is 7.02. The topological polar surface area (TPSA) is 125 Å². The molecule has 3 fully saturated rings. The molecule has 1 saturated carbocycles. The zero-order valence-electron chi connectivity index (χ0n) is 20.7. The van der Waals surface area contributed by atoms with Gasteiger partial charge in [-0.3, -0.25) is 14.5 Å². The molecular formula is C22H25F3N8O3S3. The maximum absolute atomic E-state index is 13.4. The van der Waals surface area contributed by atoms with Crippen molar-refractivity contribution in [2.75, 3.05) is 43.4 Å². The summed E-state index contributed by atoms with van der Waals surface area (Å²) in [6, 6.07) is 1.56. The van der Waals surface area contributed by atoms with Crippen LogP contribution in [0.5, 0.6) is 0 Å². The van der Waals surface area contributed by atoms with Crippen LogP contribution in [0.2, 0.25) is 0 Å². The number of nitrogens with one attached hydrogen (secondary N) is 2. The summed E-state index contributed by atoms with van der Waals surface area (Å²) < 4.78 is 70.5. The van der Waals surface area contributed by atoms with Gasteiger partial charge < -0.3 is 9.80 Å². The van der Waals surface area contributed by atoms with Crippen LogP contribution in [-0.4, -0.2) is 88.2 Å². The highest BCUT2D eigenvalue weighted by molar-refractivity contribution is 8.00. The van der Waals surface area contributed by atoms with Crippen LogP contribution < -0.4 is 14.9 Å². The molecule has 2 saturated heterocycles. The number of hydrogen-bond acceptors (Lipinski definition) is 10. The summed E-state index contributed by atoms with van der Waals surface area (Å²) >= 11 is 1.92. The number of thioether (sulfide) groups is 1. The van der Waals surface area contributed by atoms with Gasteiger partial charge in [-0.1, -0.05) is 11.3 Å². The summed E-state index contributed by atoms with van der Waals surface area (Å²) in [6.45, 7) is 4.40. The second-order valence-corrected chi connectivity index (χ2v) is 13.9. The van der Waals surface area contributed by atoms with Crippen molar-refractivity contribution in [2.24, 2.45) is 0 Å². The molecule has 3 aliphatic rings. The number of anilines is 1. The third-order valence-corrected chi connectivity index (χ3v) is 10.7. The highest BCUT2D eigenvalue weighted by Gasteiger charge is 2.42. The van der Waals surface area contributed by atoms with Crippen molar-refractivity contribution < 1.29 is 26.4 Å². The number of amides is 1. The minimum Gasteiger partial charge on any atom is -0.366 e. The summed E-state index contributed by atoms with van der Waals surface area (Å²) in [5, 5.41) is 8.68. The van der Waals surface area contributed by atoms with Gasteiger partial charge in [0, 0.05) is 50.2 Å². The number of rotatable bonds is 6. The van der Waals surface area contributed by atoms with Crippen LogP contribution in [0.25, 0.3) is 16.3 Å². The molecule has 3 aromatic rings. The Morgan fingerprint density at radius 3 is 2.56 bits per heavy atom. The lowest BCUT2D eigenvalue weighted by Crippen LogP contribution is -2.52. The lowest BCUT2D eigenvalue weighted by Gasteiger charge is -2.37. The van der Waals surface area contributed by atoms with E-state index in [1.165, 1.54) is 16.8 Å². The first-order valence-corrected chi connectivity index (χ1v) is 15.6. The number of carbonyl (C=O) groups excluding carboxylic acids is 1. The van der Waals surface area contributed by atoms with Crippen LogP contribution in [0.1, 0.15) is 24.8 Å². The third kappa shape index (κ3) is 5.21. The van der Waals surface area contributed by atoms with Crippen LogP contribution in [-0.2, 0) is 21.0 Å². The maximum Gasteiger partial charge on any atom is 0.445 e. The quantitative estimate of drug-likeness (QED) is 0.436. The summed E-state index contributed by atoms with van der Waals surface area (Å²) in [7, 11) is -3.95. The highest BCUT2D eigenvalue weighted by Crippen LogP contribution is 2.38. The van der Waals surface area contributed by atoms with Gasteiger partial charge in [-0.25, -0.2) is 18.1 Å². The normalized spacial score (nSPS) is 21.6. The van der Waals surface area contributed by atoms with E-state index in [0.29, 0.717) is 61.6 Å². The fraction of sp³-hybridized carbons (Fsp3) is 0.545. The van der Waals surface area contributed by atoms with Crippen LogP contribution in [0.15, 0.2) is 23.4 Å². The van der Waals surface area contributed by atoms with Crippen molar-refractivity contribution in [2.45, 2.75) is 41.7 Å². The van der Waals surface area contributed by atoms with Crippen LogP contribution in [0.4, 0.5) is 18.9 Å². The van der Waals surface area contributed by atoms with Crippen LogP contribution in [0.3, 0.4) is 0 Å². The monoisotopic (exact) mass is 602 g/mol. The molecule has 3 aromatic heterocycles. The van der Waals surface area contributed by atoms with Gasteiger partial charge in [0.1, 0.15) is 10.3 Å². The van der Waals surface area contributed by atoms with Gasteiger partial charge in [0.25, 0.3) is 0 Å². The Hall–Kier alpha value is -2.47. The molecule has 1 unspecified atom stereocenters. The first kappa shape index (κ1) is 26.7. The fourth-order valence-corrected chi connectivity index (χ4v) is 7.82. The minimum absolute atomic E-state index is 0.0314. The average molecular weight is 603 g/mol. The van der Waals surface area contributed by atoms with E-state index >= 15 is 0 Å². The molecule has 1 amide bonds. The van der Waals surface area contributed by atoms with E-state index in [2.05, 4.69) is 25.2 Å². The number of sulfonamides is 1. The number of imidazole rings is 1. The molecule has 6 rings (SSSR count). The van der Waals surface area contributed by atoms with E-state index in [9.17, 15) is 26.4 Å². The van der Waals surface area contributed by atoms with Crippen molar-refractivity contribution in [3.63, 3.8) is 0 Å². The molecule has 39 heavy (non-hydrogen) atoms. The van der Waals surface area contributed by atoms with Crippen molar-refractivity contribution in [1.82, 2.24) is 34.5 Å². The van der Waals surface area contributed by atoms with Gasteiger partial charge in [-0.2, -0.15) is 13.2 Å². The molecule has 210 valence electrons. The first-order chi connectivity index (χ1) is 18.4. The molecule has 0 radical (unpaired) electrons. The molecule has 11 nitrogen and oxygen atoms in total. The Kier molecular flexibility index (Phi) is 6.56. The zero-order chi connectivity index (χ0) is 27.6. The molecular weight excluding hydrogens is 577 g/mol. The van der Waals surface area contributed by atoms with E-state index in [4.69, 9.17) is 0 Å². The molecule has 5 heterocycles. The molecule has 0 spiro atoms. The van der Waals surface area contributed by atoms with Gasteiger partial charge in [-0.15, -0.1) is 22.0 Å². The minimum atomic E-state index is -4.66. The highest BCUT2D eigenvalue weighted by atomic mass is 32.2. The van der Waals surface area contributed by atoms with E-state index in [1.807, 2.05) is 11.8 Å². The van der Waals surface area contributed by atoms with Crippen molar-refractivity contribution in [1.29, 1.82) is 0 Å². The van der Waals surface area contributed by atoms with E-state index in [0.717, 1.165) is 12.3 Å². The second-order valence-electron chi connectivity index (χ2n) is 9.99. The number of hydrogen-bond donors (Lipinski definition) is 2. The number of pyridine rings is 1. The van der Waals surface area contributed by atoms with Crippen molar-refractivity contribution in [3.8, 4) is 10.8 Å². The Morgan fingerprint density at radius 2 is 1.95 bits per heavy atom. The number of carbonyl (C=O) groups is 1. The lowest BCUT2D eigenvalue weighted by molar-refractivity contribution is -0.138. The van der Waals surface area contributed by atoms with Gasteiger partial charge >= 0.3 is 6.18 Å². The summed E-state index contributed by atoms with van der Waals surface area (Å²) in [5.74, 6) is 0.974. The number of alkyl halides is 3. The predicted octanol–water partition coefficient (Wildman–Crippen LogP) is 2.01. The van der Waals surface area contributed by atoms with Gasteiger partial charge in [0.15, 0.2) is 10.8 Å². The predicted molar refractivity (Wildman–Crippen MR) is 140 cm³/mol. The fourth-order valence-electron chi connectivity index (χ4n) is 4.63. The molecule has 0 aromatic carbocycles. The van der Waals surface area contributed by atoms with Gasteiger partial charge in [0.2, 0.25) is 20.9 Å². The second kappa shape index (κ2) is 9.57. The first-order valence-electron chi connectivity index (χ1n) is 12.3. The van der Waals surface area contributed by atoms with E-state index in [-0.39, 0.29) is 27.0 Å². The molecule has 0 bridgehead atoms. The summed E-state index contributed by atoms with van der Waals surface area (Å²) in [4.78, 5) is 20.9. The van der Waals surface area contributed by atoms with Gasteiger partial charge in [-0.05, 0) is 25.8 Å². The molecule has 17 heteroatoms. The standard InChI is InChI=1S/C22H25F3N8O3S3/c1-21(2-3-21)30-39(35,36)13-10-14(31-5-7-32(8-6-31)19(34)18-26-4-9-37-18)15-11-27-16(33(15)12-13)17-28-29-20(38-17)22(23,24)25/h10-12,18,26,30H,2-9H2,1H3. The molecule has 1 atom stereocenters. The van der Waals surface area contributed by atoms with Crippen LogP contribution >= 0.6 is 23.1 Å². The van der Waals surface area contributed by atoms with Crippen LogP contribution in [0, 0.1) is 0 Å². The number of nitrogens with zero attached hydrogens (tertiary/aromatic N) is 6. The average Bonchev–Trinajstić information content (AvgIpc) is 3.38. The largest absolute Gasteiger partial charge is 0.445 e.